The average molecular weight is 473 g/mol. The molecule has 186 valence electrons. The third-order valence-corrected chi connectivity index (χ3v) is 5.62. The molecular weight excluding hydrogens is 442 g/mol. The molecule has 2 aliphatic heterocycles. The van der Waals surface area contributed by atoms with E-state index >= 15 is 0 Å². The van der Waals surface area contributed by atoms with Crippen molar-refractivity contribution in [1.82, 2.24) is 5.32 Å². The summed E-state index contributed by atoms with van der Waals surface area (Å²) in [5.41, 5.74) is 0.782. The van der Waals surface area contributed by atoms with Gasteiger partial charge in [-0.25, -0.2) is 0 Å². The van der Waals surface area contributed by atoms with Gasteiger partial charge in [0.1, 0.15) is 48.8 Å². The molecule has 10 atom stereocenters. The molecule has 0 bridgehead atoms. The number of hydrogen-bond donors (Lipinski definition) is 7. The van der Waals surface area contributed by atoms with E-state index in [4.69, 9.17) is 18.9 Å². The maximum absolute atomic E-state index is 11.6. The van der Waals surface area contributed by atoms with Crippen molar-refractivity contribution in [1.29, 1.82) is 0 Å². The third-order valence-electron chi connectivity index (χ3n) is 5.62. The average Bonchev–Trinajstić information content (AvgIpc) is 2.81. The number of hydrogen-bond acceptors (Lipinski definition) is 11. The number of aliphatic hydroxyl groups is 6. The van der Waals surface area contributed by atoms with Crippen LogP contribution in [0.15, 0.2) is 30.3 Å². The third kappa shape index (κ3) is 6.05. The molecule has 33 heavy (non-hydrogen) atoms. The molecule has 1 amide bonds. The molecular formula is C21H31NO11. The molecule has 0 radical (unpaired) electrons. The lowest BCUT2D eigenvalue weighted by molar-refractivity contribution is -0.356. The van der Waals surface area contributed by atoms with Gasteiger partial charge in [-0.05, 0) is 5.56 Å². The van der Waals surface area contributed by atoms with Crippen LogP contribution in [0.2, 0.25) is 0 Å². The Morgan fingerprint density at radius 3 is 2.06 bits per heavy atom. The van der Waals surface area contributed by atoms with Crippen LogP contribution in [0, 0.1) is 0 Å². The van der Waals surface area contributed by atoms with Gasteiger partial charge in [-0.3, -0.25) is 4.79 Å². The van der Waals surface area contributed by atoms with Gasteiger partial charge >= 0.3 is 0 Å². The largest absolute Gasteiger partial charge is 0.394 e. The number of aliphatic hydroxyl groups excluding tert-OH is 6. The first-order valence-electron chi connectivity index (χ1n) is 10.6. The highest BCUT2D eigenvalue weighted by Gasteiger charge is 2.51. The van der Waals surface area contributed by atoms with Crippen molar-refractivity contribution in [3.63, 3.8) is 0 Å². The normalized spacial score (nSPS) is 39.2. The van der Waals surface area contributed by atoms with Gasteiger partial charge in [0.05, 0.1) is 19.8 Å². The highest BCUT2D eigenvalue weighted by atomic mass is 16.7. The Bertz CT molecular complexity index is 753. The van der Waals surface area contributed by atoms with Crippen LogP contribution in [-0.2, 0) is 30.3 Å². The molecule has 1 aromatic rings. The topological polar surface area (TPSA) is 187 Å². The summed E-state index contributed by atoms with van der Waals surface area (Å²) >= 11 is 0. The molecule has 0 aliphatic carbocycles. The van der Waals surface area contributed by atoms with Crippen LogP contribution in [0.1, 0.15) is 12.5 Å². The number of amides is 1. The number of nitrogens with one attached hydrogen (secondary N) is 1. The summed E-state index contributed by atoms with van der Waals surface area (Å²) in [6.45, 7) is -0.0123. The highest BCUT2D eigenvalue weighted by Crippen LogP contribution is 2.30. The zero-order chi connectivity index (χ0) is 24.1. The summed E-state index contributed by atoms with van der Waals surface area (Å²) < 4.78 is 22.7. The van der Waals surface area contributed by atoms with Crippen molar-refractivity contribution < 1.29 is 54.4 Å². The van der Waals surface area contributed by atoms with E-state index in [0.717, 1.165) is 5.56 Å². The molecule has 3 rings (SSSR count). The predicted octanol–water partition coefficient (Wildman–Crippen LogP) is -3.03. The first-order valence-corrected chi connectivity index (χ1v) is 10.6. The molecule has 12 nitrogen and oxygen atoms in total. The summed E-state index contributed by atoms with van der Waals surface area (Å²) in [6.07, 6.45) is -12.7. The van der Waals surface area contributed by atoms with Gasteiger partial charge in [0, 0.05) is 6.92 Å². The molecule has 1 aromatic carbocycles. The highest BCUT2D eigenvalue weighted by molar-refractivity contribution is 5.73. The van der Waals surface area contributed by atoms with Crippen LogP contribution >= 0.6 is 0 Å². The van der Waals surface area contributed by atoms with E-state index in [-0.39, 0.29) is 6.61 Å². The molecule has 2 fully saturated rings. The Hall–Kier alpha value is -1.71. The van der Waals surface area contributed by atoms with E-state index in [1.807, 2.05) is 6.07 Å². The maximum Gasteiger partial charge on any atom is 0.217 e. The van der Waals surface area contributed by atoms with Crippen LogP contribution < -0.4 is 5.32 Å². The molecule has 2 saturated heterocycles. The zero-order valence-corrected chi connectivity index (χ0v) is 18.0. The maximum atomic E-state index is 11.6. The molecule has 0 spiro atoms. The minimum atomic E-state index is -1.60. The number of carbonyl (C=O) groups is 1. The number of rotatable bonds is 8. The Balaban J connectivity index is 1.82. The summed E-state index contributed by atoms with van der Waals surface area (Å²) in [4.78, 5) is 11.6. The molecule has 12 heteroatoms. The molecule has 10 unspecified atom stereocenters. The van der Waals surface area contributed by atoms with Gasteiger partial charge in [-0.15, -0.1) is 0 Å². The Morgan fingerprint density at radius 2 is 1.48 bits per heavy atom. The van der Waals surface area contributed by atoms with E-state index in [0.29, 0.717) is 0 Å². The van der Waals surface area contributed by atoms with Crippen molar-refractivity contribution in [2.75, 3.05) is 13.2 Å². The molecule has 0 aromatic heterocycles. The van der Waals surface area contributed by atoms with Gasteiger partial charge in [0.25, 0.3) is 0 Å². The van der Waals surface area contributed by atoms with Crippen molar-refractivity contribution >= 4 is 5.91 Å². The Labute approximate surface area is 190 Å². The van der Waals surface area contributed by atoms with Gasteiger partial charge in [0.2, 0.25) is 5.91 Å². The van der Waals surface area contributed by atoms with Gasteiger partial charge in [0.15, 0.2) is 12.6 Å². The summed E-state index contributed by atoms with van der Waals surface area (Å²) in [5, 5.41) is 63.1. The smallest absolute Gasteiger partial charge is 0.217 e. The van der Waals surface area contributed by atoms with Crippen LogP contribution in [0.4, 0.5) is 0 Å². The minimum Gasteiger partial charge on any atom is -0.394 e. The van der Waals surface area contributed by atoms with Crippen molar-refractivity contribution in [2.45, 2.75) is 74.9 Å². The zero-order valence-electron chi connectivity index (χ0n) is 18.0. The molecule has 0 saturated carbocycles. The van der Waals surface area contributed by atoms with Crippen LogP contribution in [-0.4, -0.2) is 111 Å². The predicted molar refractivity (Wildman–Crippen MR) is 109 cm³/mol. The number of ether oxygens (including phenoxy) is 4. The van der Waals surface area contributed by atoms with Gasteiger partial charge in [-0.2, -0.15) is 0 Å². The van der Waals surface area contributed by atoms with Gasteiger partial charge < -0.3 is 54.9 Å². The summed E-state index contributed by atoms with van der Waals surface area (Å²) in [6, 6.07) is 7.77. The second kappa shape index (κ2) is 11.6. The van der Waals surface area contributed by atoms with Crippen molar-refractivity contribution in [3.8, 4) is 0 Å². The minimum absolute atomic E-state index is 0.0492. The van der Waals surface area contributed by atoms with Crippen molar-refractivity contribution in [2.24, 2.45) is 0 Å². The van der Waals surface area contributed by atoms with E-state index in [9.17, 15) is 35.4 Å². The lowest BCUT2D eigenvalue weighted by Gasteiger charge is -2.47. The first kappa shape index (κ1) is 25.9. The Kier molecular flexibility index (Phi) is 9.12. The SMILES string of the molecule is CC(=O)NC1C(OC2C(OCc3ccccc3)OC(CO)C(O)C2O)OC(CO)C(O)C1O. The van der Waals surface area contributed by atoms with Crippen LogP contribution in [0.3, 0.4) is 0 Å². The van der Waals surface area contributed by atoms with Crippen LogP contribution in [0.25, 0.3) is 0 Å². The monoisotopic (exact) mass is 473 g/mol. The fraction of sp³-hybridized carbons (Fsp3) is 0.667. The number of benzene rings is 1. The molecule has 2 heterocycles. The first-order chi connectivity index (χ1) is 15.8. The van der Waals surface area contributed by atoms with E-state index in [2.05, 4.69) is 5.32 Å². The van der Waals surface area contributed by atoms with Gasteiger partial charge in [-0.1, -0.05) is 30.3 Å². The summed E-state index contributed by atoms with van der Waals surface area (Å²) in [7, 11) is 0. The molecule has 7 N–H and O–H groups in total. The van der Waals surface area contributed by atoms with Crippen molar-refractivity contribution in [3.05, 3.63) is 35.9 Å². The lowest BCUT2D eigenvalue weighted by Crippen LogP contribution is -2.67. The van der Waals surface area contributed by atoms with E-state index in [1.54, 1.807) is 24.3 Å². The lowest BCUT2D eigenvalue weighted by atomic mass is 9.95. The Morgan fingerprint density at radius 1 is 0.909 bits per heavy atom. The molecule has 2 aliphatic rings. The van der Waals surface area contributed by atoms with E-state index in [1.165, 1.54) is 6.92 Å². The van der Waals surface area contributed by atoms with E-state index < -0.39 is 80.5 Å². The quantitative estimate of drug-likeness (QED) is 0.203. The standard InChI is InChI=1S/C21H31NO11/c1-10(25)22-14-17(28)15(26)12(7-23)31-20(14)33-19-18(29)16(27)13(8-24)32-21(19)30-9-11-5-3-2-4-6-11/h2-6,12-21,23-24,26-29H,7-9H2,1H3,(H,22,25). The fourth-order valence-corrected chi connectivity index (χ4v) is 3.83. The second-order valence-corrected chi connectivity index (χ2v) is 8.04. The number of carbonyl (C=O) groups excluding carboxylic acids is 1. The second-order valence-electron chi connectivity index (χ2n) is 8.04. The fourth-order valence-electron chi connectivity index (χ4n) is 3.83. The summed E-state index contributed by atoms with van der Waals surface area (Å²) in [5.74, 6) is -0.552. The van der Waals surface area contributed by atoms with Crippen LogP contribution in [0.5, 0.6) is 0 Å².